The minimum absolute atomic E-state index is 0.0331. The Labute approximate surface area is 269 Å². The van der Waals surface area contributed by atoms with Gasteiger partial charge in [0.2, 0.25) is 5.50 Å². The molecule has 3 aromatic carbocycles. The van der Waals surface area contributed by atoms with Gasteiger partial charge in [-0.05, 0) is 63.8 Å². The van der Waals surface area contributed by atoms with Crippen molar-refractivity contribution in [1.82, 2.24) is 9.55 Å². The van der Waals surface area contributed by atoms with Crippen molar-refractivity contribution >= 4 is 7.60 Å². The molecule has 2 heterocycles. The fourth-order valence-corrected chi connectivity index (χ4v) is 7.72. The highest BCUT2D eigenvalue weighted by Gasteiger charge is 2.44. The summed E-state index contributed by atoms with van der Waals surface area (Å²) in [6.45, 7) is 8.71. The molecule has 1 aliphatic heterocycles. The standard InChI is InChI=1S/C36H41N2O7P/c1-25(2)44-46(41,45-26(3)4)33-22-21-31(38-23-27(5)34(39)37-35(38)40)32(43-33)24-42-36(28-15-9-6-10-16-28,29-17-11-7-12-18-29)30-19-13-8-14-20-30/h6-20,22-23,25-26,31-32H,21,24H2,1-5H3,(H,37,39,40)/t31-,32-/m1/s1. The van der Waals surface area contributed by atoms with E-state index in [1.165, 1.54) is 10.8 Å². The van der Waals surface area contributed by atoms with Crippen molar-refractivity contribution in [3.63, 3.8) is 0 Å². The van der Waals surface area contributed by atoms with E-state index in [1.54, 1.807) is 40.7 Å². The second-order valence-electron chi connectivity index (χ2n) is 11.9. The maximum Gasteiger partial charge on any atom is 0.395 e. The zero-order chi connectivity index (χ0) is 32.9. The first-order valence-electron chi connectivity index (χ1n) is 15.5. The first-order valence-corrected chi connectivity index (χ1v) is 17.0. The van der Waals surface area contributed by atoms with Gasteiger partial charge in [0.1, 0.15) is 11.7 Å². The molecule has 0 saturated heterocycles. The number of H-pyrrole nitrogens is 1. The van der Waals surface area contributed by atoms with E-state index in [0.29, 0.717) is 5.56 Å². The Morgan fingerprint density at radius 2 is 1.33 bits per heavy atom. The molecule has 0 unspecified atom stereocenters. The molecular weight excluding hydrogens is 603 g/mol. The molecule has 0 aliphatic carbocycles. The molecule has 4 aromatic rings. The van der Waals surface area contributed by atoms with Crippen LogP contribution in [0.1, 0.15) is 62.4 Å². The van der Waals surface area contributed by atoms with Gasteiger partial charge in [0.05, 0.1) is 24.9 Å². The van der Waals surface area contributed by atoms with Gasteiger partial charge in [0.25, 0.3) is 5.56 Å². The number of aromatic amines is 1. The van der Waals surface area contributed by atoms with Crippen LogP contribution in [0.25, 0.3) is 0 Å². The summed E-state index contributed by atoms with van der Waals surface area (Å²) in [6.07, 6.45) is 1.77. The molecule has 5 rings (SSSR count). The summed E-state index contributed by atoms with van der Waals surface area (Å²) in [5, 5.41) is 0. The van der Waals surface area contributed by atoms with Crippen LogP contribution < -0.4 is 11.2 Å². The number of aromatic nitrogens is 2. The maximum atomic E-state index is 14.2. The van der Waals surface area contributed by atoms with E-state index in [0.717, 1.165) is 16.7 Å². The number of nitrogens with one attached hydrogen (secondary N) is 1. The lowest BCUT2D eigenvalue weighted by Gasteiger charge is -2.40. The van der Waals surface area contributed by atoms with Crippen molar-refractivity contribution in [1.29, 1.82) is 0 Å². The van der Waals surface area contributed by atoms with Gasteiger partial charge in [-0.25, -0.2) is 4.79 Å². The number of nitrogens with zero attached hydrogens (tertiary/aromatic N) is 1. The number of allylic oxidation sites excluding steroid dienone is 1. The van der Waals surface area contributed by atoms with Gasteiger partial charge in [-0.1, -0.05) is 91.0 Å². The fraction of sp³-hybridized carbons (Fsp3) is 0.333. The van der Waals surface area contributed by atoms with Crippen LogP contribution in [-0.4, -0.2) is 34.5 Å². The Morgan fingerprint density at radius 3 is 1.78 bits per heavy atom. The number of rotatable bonds is 12. The average molecular weight is 645 g/mol. The highest BCUT2D eigenvalue weighted by Crippen LogP contribution is 2.60. The molecule has 9 nitrogen and oxygen atoms in total. The lowest BCUT2D eigenvalue weighted by molar-refractivity contribution is -0.0674. The van der Waals surface area contributed by atoms with Crippen LogP contribution in [0.15, 0.2) is 118 Å². The smallest absolute Gasteiger partial charge is 0.395 e. The number of aryl methyl sites for hydroxylation is 1. The zero-order valence-electron chi connectivity index (χ0n) is 26.8. The minimum Gasteiger partial charge on any atom is -0.478 e. The third-order valence-corrected chi connectivity index (χ3v) is 9.94. The largest absolute Gasteiger partial charge is 0.478 e. The quantitative estimate of drug-likeness (QED) is 0.130. The molecule has 0 radical (unpaired) electrons. The maximum absolute atomic E-state index is 14.2. The molecule has 0 spiro atoms. The third kappa shape index (κ3) is 7.03. The van der Waals surface area contributed by atoms with Crippen molar-refractivity contribution < 1.29 is 23.1 Å². The summed E-state index contributed by atoms with van der Waals surface area (Å²) in [5.74, 6) is 0. The zero-order valence-corrected chi connectivity index (χ0v) is 27.7. The van der Waals surface area contributed by atoms with Gasteiger partial charge in [0.15, 0.2) is 0 Å². The van der Waals surface area contributed by atoms with Crippen molar-refractivity contribution in [2.75, 3.05) is 6.61 Å². The van der Waals surface area contributed by atoms with E-state index < -0.39 is 48.8 Å². The highest BCUT2D eigenvalue weighted by atomic mass is 31.2. The van der Waals surface area contributed by atoms with Crippen LogP contribution in [0.2, 0.25) is 0 Å². The second-order valence-corrected chi connectivity index (χ2v) is 13.7. The van der Waals surface area contributed by atoms with E-state index >= 15 is 0 Å². The topological polar surface area (TPSA) is 109 Å². The van der Waals surface area contributed by atoms with E-state index in [1.807, 2.05) is 91.0 Å². The van der Waals surface area contributed by atoms with Crippen LogP contribution in [0, 0.1) is 6.92 Å². The second kappa shape index (κ2) is 14.2. The molecule has 0 fully saturated rings. The molecule has 242 valence electrons. The molecule has 0 bridgehead atoms. The molecular formula is C36H41N2O7P. The molecule has 0 saturated carbocycles. The van der Waals surface area contributed by atoms with Crippen LogP contribution in [-0.2, 0) is 28.7 Å². The van der Waals surface area contributed by atoms with Gasteiger partial charge in [-0.2, -0.15) is 0 Å². The fourth-order valence-electron chi connectivity index (χ4n) is 5.76. The van der Waals surface area contributed by atoms with Crippen molar-refractivity contribution in [3.8, 4) is 0 Å². The molecule has 2 atom stereocenters. The predicted octanol–water partition coefficient (Wildman–Crippen LogP) is 7.07. The first-order chi connectivity index (χ1) is 22.0. The lowest BCUT2D eigenvalue weighted by atomic mass is 9.80. The summed E-state index contributed by atoms with van der Waals surface area (Å²) < 4.78 is 41.0. The third-order valence-electron chi connectivity index (χ3n) is 7.71. The van der Waals surface area contributed by atoms with Crippen LogP contribution in [0.3, 0.4) is 0 Å². The Hall–Kier alpha value is -4.01. The number of benzene rings is 3. The lowest BCUT2D eigenvalue weighted by Crippen LogP contribution is -2.43. The number of ether oxygens (including phenoxy) is 2. The summed E-state index contributed by atoms with van der Waals surface area (Å²) in [4.78, 5) is 27.8. The van der Waals surface area contributed by atoms with Gasteiger partial charge >= 0.3 is 13.3 Å². The summed E-state index contributed by atoms with van der Waals surface area (Å²) in [5.41, 5.74) is 1.01. The summed E-state index contributed by atoms with van der Waals surface area (Å²) >= 11 is 0. The van der Waals surface area contributed by atoms with Crippen molar-refractivity contribution in [2.45, 2.75) is 71.0 Å². The van der Waals surface area contributed by atoms with Crippen LogP contribution >= 0.6 is 7.60 Å². The van der Waals surface area contributed by atoms with Crippen molar-refractivity contribution in [3.05, 3.63) is 152 Å². The molecule has 1 aromatic heterocycles. The normalized spacial score (nSPS) is 17.2. The Morgan fingerprint density at radius 1 is 0.848 bits per heavy atom. The van der Waals surface area contributed by atoms with Gasteiger partial charge in [0, 0.05) is 11.8 Å². The van der Waals surface area contributed by atoms with E-state index in [-0.39, 0.29) is 18.5 Å². The Balaban J connectivity index is 1.64. The van der Waals surface area contributed by atoms with Crippen LogP contribution in [0.4, 0.5) is 0 Å². The molecule has 46 heavy (non-hydrogen) atoms. The van der Waals surface area contributed by atoms with Gasteiger partial charge in [-0.15, -0.1) is 0 Å². The average Bonchev–Trinajstić information content (AvgIpc) is 3.04. The first kappa shape index (κ1) is 33.4. The minimum atomic E-state index is -3.89. The summed E-state index contributed by atoms with van der Waals surface area (Å²) in [7, 11) is -3.89. The van der Waals surface area contributed by atoms with Crippen molar-refractivity contribution in [2.24, 2.45) is 0 Å². The van der Waals surface area contributed by atoms with E-state index in [2.05, 4.69) is 4.98 Å². The number of hydrogen-bond acceptors (Lipinski definition) is 7. The summed E-state index contributed by atoms with van der Waals surface area (Å²) in [6, 6.07) is 29.1. The number of hydrogen-bond donors (Lipinski definition) is 1. The SMILES string of the molecule is Cc1cn([C@@H]2CC=C(P(=O)(OC(C)C)OC(C)C)O[C@@H]2COC(c2ccccc2)(c2ccccc2)c2ccccc2)c(=O)[nH]c1=O. The molecule has 0 amide bonds. The van der Waals surface area contributed by atoms with E-state index in [9.17, 15) is 14.2 Å². The predicted molar refractivity (Wildman–Crippen MR) is 178 cm³/mol. The Bertz CT molecular complexity index is 1690. The monoisotopic (exact) mass is 644 g/mol. The van der Waals surface area contributed by atoms with Crippen LogP contribution in [0.5, 0.6) is 0 Å². The highest BCUT2D eigenvalue weighted by molar-refractivity contribution is 7.58. The van der Waals surface area contributed by atoms with Gasteiger partial charge in [-0.3, -0.25) is 18.9 Å². The molecule has 1 aliphatic rings. The molecule has 10 heteroatoms. The Kier molecular flexibility index (Phi) is 10.3. The van der Waals surface area contributed by atoms with Gasteiger partial charge < -0.3 is 18.5 Å². The van der Waals surface area contributed by atoms with E-state index in [4.69, 9.17) is 18.5 Å². The molecule has 1 N–H and O–H groups in total.